The van der Waals surface area contributed by atoms with Gasteiger partial charge in [-0.3, -0.25) is 0 Å². The minimum absolute atomic E-state index is 0.000333. The van der Waals surface area contributed by atoms with Crippen LogP contribution < -0.4 is 10.5 Å². The first-order chi connectivity index (χ1) is 8.37. The van der Waals surface area contributed by atoms with Crippen LogP contribution in [0.25, 0.3) is 0 Å². The summed E-state index contributed by atoms with van der Waals surface area (Å²) < 4.78 is 29.3. The molecule has 5 heteroatoms. The highest BCUT2D eigenvalue weighted by molar-refractivity contribution is 6.30. The molecule has 0 radical (unpaired) electrons. The van der Waals surface area contributed by atoms with Crippen molar-refractivity contribution in [3.63, 3.8) is 0 Å². The highest BCUT2D eigenvalue weighted by Gasteiger charge is 2.58. The van der Waals surface area contributed by atoms with E-state index in [2.05, 4.69) is 18.6 Å². The maximum absolute atomic E-state index is 12.4. The molecule has 0 spiro atoms. The molecule has 0 saturated heterocycles. The van der Waals surface area contributed by atoms with Crippen molar-refractivity contribution in [3.05, 3.63) is 28.8 Å². The summed E-state index contributed by atoms with van der Waals surface area (Å²) in [6, 6.07) is 4.74. The number of hydrogen-bond acceptors (Lipinski definition) is 2. The monoisotopic (exact) mass is 275 g/mol. The zero-order chi connectivity index (χ0) is 13.5. The summed E-state index contributed by atoms with van der Waals surface area (Å²) >= 11 is 5.93. The van der Waals surface area contributed by atoms with E-state index in [9.17, 15) is 8.78 Å². The number of rotatable bonds is 4. The Labute approximate surface area is 110 Å². The molecule has 0 aliphatic heterocycles. The van der Waals surface area contributed by atoms with Gasteiger partial charge in [-0.2, -0.15) is 8.78 Å². The van der Waals surface area contributed by atoms with Gasteiger partial charge in [0.25, 0.3) is 0 Å². The van der Waals surface area contributed by atoms with E-state index in [4.69, 9.17) is 17.3 Å². The lowest BCUT2D eigenvalue weighted by molar-refractivity contribution is -0.0505. The van der Waals surface area contributed by atoms with Crippen LogP contribution in [0.3, 0.4) is 0 Å². The van der Waals surface area contributed by atoms with Crippen LogP contribution in [0.15, 0.2) is 18.2 Å². The Balaban J connectivity index is 2.35. The predicted octanol–water partition coefficient (Wildman–Crippen LogP) is 3.64. The molecule has 2 rings (SSSR count). The van der Waals surface area contributed by atoms with E-state index in [0.717, 1.165) is 5.56 Å². The van der Waals surface area contributed by atoms with Crippen LogP contribution in [0.5, 0.6) is 5.75 Å². The first-order valence-corrected chi connectivity index (χ1v) is 6.20. The Morgan fingerprint density at radius 2 is 2.11 bits per heavy atom. The second kappa shape index (κ2) is 4.67. The number of benzene rings is 1. The van der Waals surface area contributed by atoms with Crippen molar-refractivity contribution in [1.82, 2.24) is 0 Å². The summed E-state index contributed by atoms with van der Waals surface area (Å²) in [5.74, 6) is 0.592. The van der Waals surface area contributed by atoms with Gasteiger partial charge >= 0.3 is 6.61 Å². The van der Waals surface area contributed by atoms with E-state index < -0.39 is 6.61 Å². The molecule has 2 nitrogen and oxygen atoms in total. The van der Waals surface area contributed by atoms with Crippen molar-refractivity contribution in [1.29, 1.82) is 0 Å². The van der Waals surface area contributed by atoms with Crippen molar-refractivity contribution in [2.45, 2.75) is 26.4 Å². The molecule has 18 heavy (non-hydrogen) atoms. The highest BCUT2D eigenvalue weighted by atomic mass is 35.5. The number of ether oxygens (including phenoxy) is 1. The Morgan fingerprint density at radius 1 is 1.44 bits per heavy atom. The average molecular weight is 276 g/mol. The zero-order valence-corrected chi connectivity index (χ0v) is 11.0. The van der Waals surface area contributed by atoms with Gasteiger partial charge in [-0.15, -0.1) is 0 Å². The highest BCUT2D eigenvalue weighted by Crippen LogP contribution is 2.65. The predicted molar refractivity (Wildman–Crippen MR) is 67.2 cm³/mol. The first kappa shape index (κ1) is 13.6. The van der Waals surface area contributed by atoms with E-state index >= 15 is 0 Å². The van der Waals surface area contributed by atoms with Crippen LogP contribution in [0.1, 0.15) is 25.3 Å². The number of nitrogens with two attached hydrogens (primary N) is 1. The van der Waals surface area contributed by atoms with Crippen LogP contribution in [0, 0.1) is 11.3 Å². The molecule has 1 aromatic rings. The lowest BCUT2D eigenvalue weighted by Gasteiger charge is -2.12. The van der Waals surface area contributed by atoms with Gasteiger partial charge in [0.2, 0.25) is 0 Å². The van der Waals surface area contributed by atoms with E-state index in [1.807, 2.05) is 0 Å². The fourth-order valence-corrected chi connectivity index (χ4v) is 2.95. The number of alkyl halides is 2. The fraction of sp³-hybridized carbons (Fsp3) is 0.538. The zero-order valence-electron chi connectivity index (χ0n) is 10.3. The molecular formula is C13H16ClF2NO. The summed E-state index contributed by atoms with van der Waals surface area (Å²) in [6.45, 7) is 1.84. The first-order valence-electron chi connectivity index (χ1n) is 5.82. The molecule has 2 atom stereocenters. The van der Waals surface area contributed by atoms with Crippen LogP contribution in [0.2, 0.25) is 5.02 Å². The third-order valence-corrected chi connectivity index (χ3v) is 4.06. The molecule has 0 unspecified atom stereocenters. The second-order valence-electron chi connectivity index (χ2n) is 5.20. The third kappa shape index (κ3) is 2.31. The van der Waals surface area contributed by atoms with E-state index in [-0.39, 0.29) is 23.0 Å². The Bertz CT molecular complexity index is 451. The summed E-state index contributed by atoms with van der Waals surface area (Å²) in [4.78, 5) is 0. The molecule has 1 aliphatic rings. The molecule has 1 aromatic carbocycles. The minimum atomic E-state index is -2.83. The Morgan fingerprint density at radius 3 is 2.61 bits per heavy atom. The van der Waals surface area contributed by atoms with Crippen molar-refractivity contribution in [2.24, 2.45) is 17.1 Å². The maximum atomic E-state index is 12.4. The van der Waals surface area contributed by atoms with Gasteiger partial charge < -0.3 is 10.5 Å². The van der Waals surface area contributed by atoms with E-state index in [0.29, 0.717) is 11.6 Å². The van der Waals surface area contributed by atoms with Crippen LogP contribution >= 0.6 is 11.6 Å². The maximum Gasteiger partial charge on any atom is 0.387 e. The van der Waals surface area contributed by atoms with E-state index in [1.54, 1.807) is 12.1 Å². The quantitative estimate of drug-likeness (QED) is 0.910. The van der Waals surface area contributed by atoms with Gasteiger partial charge in [0.05, 0.1) is 0 Å². The topological polar surface area (TPSA) is 35.2 Å². The fourth-order valence-electron chi connectivity index (χ4n) is 2.77. The number of halogens is 3. The lowest BCUT2D eigenvalue weighted by atomic mass is 10.0. The molecule has 0 amide bonds. The van der Waals surface area contributed by atoms with Gasteiger partial charge in [0.15, 0.2) is 0 Å². The normalized spacial score (nSPS) is 25.3. The molecule has 2 N–H and O–H groups in total. The second-order valence-corrected chi connectivity index (χ2v) is 5.64. The van der Waals surface area contributed by atoms with Crippen molar-refractivity contribution in [2.75, 3.05) is 6.54 Å². The van der Waals surface area contributed by atoms with Gasteiger partial charge in [0.1, 0.15) is 5.75 Å². The largest absolute Gasteiger partial charge is 0.435 e. The van der Waals surface area contributed by atoms with Gasteiger partial charge in [-0.1, -0.05) is 25.4 Å². The molecular weight excluding hydrogens is 260 g/mol. The summed E-state index contributed by atoms with van der Waals surface area (Å²) in [5.41, 5.74) is 6.43. The smallest absolute Gasteiger partial charge is 0.387 e. The summed E-state index contributed by atoms with van der Waals surface area (Å²) in [5, 5.41) is 0.519. The van der Waals surface area contributed by atoms with E-state index in [1.165, 1.54) is 6.07 Å². The molecule has 1 aliphatic carbocycles. The molecule has 100 valence electrons. The number of hydrogen-bond donors (Lipinski definition) is 1. The summed E-state index contributed by atoms with van der Waals surface area (Å²) in [7, 11) is 0. The minimum Gasteiger partial charge on any atom is -0.435 e. The van der Waals surface area contributed by atoms with Crippen LogP contribution in [-0.2, 0) is 0 Å². The van der Waals surface area contributed by atoms with Gasteiger partial charge in [0, 0.05) is 5.02 Å². The van der Waals surface area contributed by atoms with Gasteiger partial charge in [-0.05, 0) is 47.6 Å². The van der Waals surface area contributed by atoms with Crippen molar-refractivity contribution in [3.8, 4) is 5.75 Å². The Hall–Kier alpha value is -0.870. The molecule has 1 fully saturated rings. The molecule has 0 aromatic heterocycles. The van der Waals surface area contributed by atoms with Crippen LogP contribution in [-0.4, -0.2) is 13.2 Å². The SMILES string of the molecule is CC1(C)[C@@H](CN)[C@@H]1c1cc(Cl)ccc1OC(F)F. The molecule has 0 bridgehead atoms. The van der Waals surface area contributed by atoms with Gasteiger partial charge in [-0.25, -0.2) is 0 Å². The lowest BCUT2D eigenvalue weighted by Crippen LogP contribution is -2.06. The summed E-state index contributed by atoms with van der Waals surface area (Å²) in [6.07, 6.45) is 0. The standard InChI is InChI=1S/C13H16ClF2NO/c1-13(2)9(6-17)11(13)8-5-7(14)3-4-10(8)18-12(15)16/h3-5,9,11-12H,6,17H2,1-2H3/t9-,11-/m0/s1. The Kier molecular flexibility index (Phi) is 3.52. The molecule has 1 saturated carbocycles. The van der Waals surface area contributed by atoms with Crippen LogP contribution in [0.4, 0.5) is 8.78 Å². The molecule has 0 heterocycles. The third-order valence-electron chi connectivity index (χ3n) is 3.83. The van der Waals surface area contributed by atoms with Crippen molar-refractivity contribution < 1.29 is 13.5 Å². The van der Waals surface area contributed by atoms with Crippen molar-refractivity contribution >= 4 is 11.6 Å². The average Bonchev–Trinajstić information content (AvgIpc) is 2.82.